The Kier molecular flexibility index (Phi) is 5.96. The van der Waals surface area contributed by atoms with Gasteiger partial charge in [0.2, 0.25) is 0 Å². The normalized spacial score (nSPS) is 15.2. The van der Waals surface area contributed by atoms with Crippen LogP contribution < -0.4 is 10.2 Å². The van der Waals surface area contributed by atoms with E-state index in [9.17, 15) is 14.0 Å². The highest BCUT2D eigenvalue weighted by molar-refractivity contribution is 7.80. The molecule has 1 aliphatic rings. The number of amides is 2. The number of anilines is 1. The number of thiocarbonyl (C=S) groups is 1. The first kappa shape index (κ1) is 23.0. The number of fused-ring (bicyclic) bond motifs is 1. The Morgan fingerprint density at radius 3 is 2.54 bits per heavy atom. The largest absolute Gasteiger partial charge is 0.342 e. The van der Waals surface area contributed by atoms with Gasteiger partial charge in [0, 0.05) is 34.2 Å². The second-order valence-electron chi connectivity index (χ2n) is 8.25. The van der Waals surface area contributed by atoms with Crippen molar-refractivity contribution in [1.82, 2.24) is 9.88 Å². The van der Waals surface area contributed by atoms with Gasteiger partial charge in [-0.15, -0.1) is 0 Å². The molecule has 1 saturated heterocycles. The fourth-order valence-electron chi connectivity index (χ4n) is 4.08. The van der Waals surface area contributed by atoms with Crippen LogP contribution in [0.2, 0.25) is 5.02 Å². The molecule has 3 aromatic carbocycles. The summed E-state index contributed by atoms with van der Waals surface area (Å²) in [5.41, 5.74) is 3.84. The molecule has 1 aromatic heterocycles. The molecule has 0 spiro atoms. The van der Waals surface area contributed by atoms with Gasteiger partial charge in [0.05, 0.1) is 5.69 Å². The Morgan fingerprint density at radius 1 is 1.06 bits per heavy atom. The molecule has 0 bridgehead atoms. The molecule has 174 valence electrons. The Labute approximate surface area is 211 Å². The van der Waals surface area contributed by atoms with Crippen LogP contribution >= 0.6 is 23.8 Å². The average Bonchev–Trinajstić information content (AvgIpc) is 3.17. The zero-order chi connectivity index (χ0) is 24.7. The third kappa shape index (κ3) is 4.36. The Hall–Kier alpha value is -3.81. The van der Waals surface area contributed by atoms with Gasteiger partial charge in [-0.25, -0.2) is 4.39 Å². The third-order valence-corrected chi connectivity index (χ3v) is 6.59. The fourth-order valence-corrected chi connectivity index (χ4v) is 4.53. The van der Waals surface area contributed by atoms with Crippen LogP contribution in [-0.4, -0.2) is 21.5 Å². The third-order valence-electron chi connectivity index (χ3n) is 5.90. The van der Waals surface area contributed by atoms with Crippen LogP contribution in [0.1, 0.15) is 16.7 Å². The van der Waals surface area contributed by atoms with Crippen molar-refractivity contribution in [3.63, 3.8) is 0 Å². The van der Waals surface area contributed by atoms with Crippen molar-refractivity contribution in [3.05, 3.63) is 106 Å². The minimum absolute atomic E-state index is 0.00388. The molecule has 8 heteroatoms. The minimum atomic E-state index is -0.565. The second kappa shape index (κ2) is 9.09. The number of halogens is 2. The molecular formula is C27H19ClFN3O2S. The van der Waals surface area contributed by atoms with Crippen LogP contribution in [0.3, 0.4) is 0 Å². The van der Waals surface area contributed by atoms with Crippen LogP contribution in [0.5, 0.6) is 0 Å². The number of nitrogens with zero attached hydrogens (tertiary/aromatic N) is 2. The number of hydrogen-bond acceptors (Lipinski definition) is 3. The van der Waals surface area contributed by atoms with E-state index in [1.807, 2.05) is 42.0 Å². The van der Waals surface area contributed by atoms with E-state index in [1.165, 1.54) is 17.0 Å². The SMILES string of the molecule is Cc1ccc(N2C(=O)/C(=C/c3cn(Cc4ccc(F)cc4)c4ccccc34)C(=O)NC2=S)cc1Cl. The lowest BCUT2D eigenvalue weighted by molar-refractivity contribution is -0.122. The summed E-state index contributed by atoms with van der Waals surface area (Å²) in [6.45, 7) is 2.36. The second-order valence-corrected chi connectivity index (χ2v) is 9.04. The lowest BCUT2D eigenvalue weighted by Gasteiger charge is -2.29. The molecule has 5 nitrogen and oxygen atoms in total. The highest BCUT2D eigenvalue weighted by Crippen LogP contribution is 2.29. The van der Waals surface area contributed by atoms with Crippen molar-refractivity contribution >= 4 is 63.4 Å². The smallest absolute Gasteiger partial charge is 0.270 e. The number of para-hydroxylation sites is 1. The zero-order valence-electron chi connectivity index (χ0n) is 18.6. The molecule has 0 saturated carbocycles. The first-order valence-corrected chi connectivity index (χ1v) is 11.6. The number of benzene rings is 3. The van der Waals surface area contributed by atoms with E-state index in [1.54, 1.807) is 36.4 Å². The predicted octanol–water partition coefficient (Wildman–Crippen LogP) is 5.62. The van der Waals surface area contributed by atoms with E-state index >= 15 is 0 Å². The number of nitrogens with one attached hydrogen (secondary N) is 1. The van der Waals surface area contributed by atoms with Crippen molar-refractivity contribution in [1.29, 1.82) is 0 Å². The summed E-state index contributed by atoms with van der Waals surface area (Å²) < 4.78 is 15.3. The molecule has 0 unspecified atom stereocenters. The summed E-state index contributed by atoms with van der Waals surface area (Å²) in [5, 5.41) is 3.97. The molecule has 0 atom stereocenters. The lowest BCUT2D eigenvalue weighted by atomic mass is 10.1. The summed E-state index contributed by atoms with van der Waals surface area (Å²) in [6, 6.07) is 19.2. The molecule has 2 heterocycles. The van der Waals surface area contributed by atoms with Gasteiger partial charge in [-0.05, 0) is 66.7 Å². The number of carbonyl (C=O) groups excluding carboxylic acids is 2. The Bertz CT molecular complexity index is 1540. The highest BCUT2D eigenvalue weighted by Gasteiger charge is 2.34. The van der Waals surface area contributed by atoms with Gasteiger partial charge in [-0.1, -0.05) is 48.0 Å². The van der Waals surface area contributed by atoms with Crippen molar-refractivity contribution < 1.29 is 14.0 Å². The van der Waals surface area contributed by atoms with E-state index in [0.717, 1.165) is 22.0 Å². The number of carbonyl (C=O) groups is 2. The first-order chi connectivity index (χ1) is 16.8. The maximum Gasteiger partial charge on any atom is 0.270 e. The maximum absolute atomic E-state index is 13.4. The minimum Gasteiger partial charge on any atom is -0.342 e. The van der Waals surface area contributed by atoms with E-state index < -0.39 is 11.8 Å². The molecule has 35 heavy (non-hydrogen) atoms. The zero-order valence-corrected chi connectivity index (χ0v) is 20.2. The highest BCUT2D eigenvalue weighted by atomic mass is 35.5. The summed E-state index contributed by atoms with van der Waals surface area (Å²) in [5.74, 6) is -1.39. The van der Waals surface area contributed by atoms with Crippen molar-refractivity contribution in [2.75, 3.05) is 4.90 Å². The van der Waals surface area contributed by atoms with Crippen molar-refractivity contribution in [3.8, 4) is 0 Å². The quantitative estimate of drug-likeness (QED) is 0.223. The van der Waals surface area contributed by atoms with E-state index in [2.05, 4.69) is 5.32 Å². The molecule has 1 fully saturated rings. The topological polar surface area (TPSA) is 54.3 Å². The summed E-state index contributed by atoms with van der Waals surface area (Å²) in [4.78, 5) is 27.5. The molecule has 1 aliphatic heterocycles. The predicted molar refractivity (Wildman–Crippen MR) is 140 cm³/mol. The molecular weight excluding hydrogens is 485 g/mol. The van der Waals surface area contributed by atoms with E-state index in [4.69, 9.17) is 23.8 Å². The maximum atomic E-state index is 13.4. The van der Waals surface area contributed by atoms with Gasteiger partial charge in [0.1, 0.15) is 11.4 Å². The first-order valence-electron chi connectivity index (χ1n) is 10.8. The molecule has 2 amide bonds. The number of rotatable bonds is 4. The monoisotopic (exact) mass is 503 g/mol. The van der Waals surface area contributed by atoms with Crippen molar-refractivity contribution in [2.45, 2.75) is 13.5 Å². The van der Waals surface area contributed by atoms with Gasteiger partial charge in [-0.2, -0.15) is 0 Å². The van der Waals surface area contributed by atoms with Gasteiger partial charge in [0.25, 0.3) is 11.8 Å². The summed E-state index contributed by atoms with van der Waals surface area (Å²) in [6.07, 6.45) is 3.45. The number of aryl methyl sites for hydroxylation is 1. The van der Waals surface area contributed by atoms with Crippen LogP contribution in [0.15, 0.2) is 78.5 Å². The number of aromatic nitrogens is 1. The average molecular weight is 504 g/mol. The Morgan fingerprint density at radius 2 is 1.80 bits per heavy atom. The fraction of sp³-hybridized carbons (Fsp3) is 0.0741. The lowest BCUT2D eigenvalue weighted by Crippen LogP contribution is -2.54. The van der Waals surface area contributed by atoms with Gasteiger partial charge in [-0.3, -0.25) is 19.8 Å². The van der Waals surface area contributed by atoms with Crippen LogP contribution in [0.25, 0.3) is 17.0 Å². The van der Waals surface area contributed by atoms with Crippen LogP contribution in [0, 0.1) is 12.7 Å². The molecule has 1 N–H and O–H groups in total. The van der Waals surface area contributed by atoms with Crippen molar-refractivity contribution in [2.24, 2.45) is 0 Å². The number of hydrogen-bond donors (Lipinski definition) is 1. The molecule has 0 radical (unpaired) electrons. The summed E-state index contributed by atoms with van der Waals surface area (Å²) >= 11 is 11.6. The van der Waals surface area contributed by atoms with Gasteiger partial charge in [0.15, 0.2) is 5.11 Å². The van der Waals surface area contributed by atoms with Gasteiger partial charge < -0.3 is 4.57 Å². The molecule has 4 aromatic rings. The van der Waals surface area contributed by atoms with Crippen LogP contribution in [-0.2, 0) is 16.1 Å². The summed E-state index contributed by atoms with van der Waals surface area (Å²) in [7, 11) is 0. The van der Waals surface area contributed by atoms with Gasteiger partial charge >= 0.3 is 0 Å². The standard InChI is InChI=1S/C27H19ClFN3O2S/c1-16-6-11-20(13-23(16)28)32-26(34)22(25(33)30-27(32)35)12-18-15-31(24-5-3-2-4-21(18)24)14-17-7-9-19(29)10-8-17/h2-13,15H,14H2,1H3,(H,30,33,35)/b22-12+. The Balaban J connectivity index is 1.56. The molecule has 5 rings (SSSR count). The molecule has 0 aliphatic carbocycles. The van der Waals surface area contributed by atoms with E-state index in [-0.39, 0.29) is 16.5 Å². The van der Waals surface area contributed by atoms with E-state index in [0.29, 0.717) is 22.8 Å². The van der Waals surface area contributed by atoms with Crippen LogP contribution in [0.4, 0.5) is 10.1 Å².